The molecule has 0 spiro atoms. The van der Waals surface area contributed by atoms with Gasteiger partial charge < -0.3 is 4.89 Å². The largest absolute Gasteiger partial charge is 0.494 e. The Morgan fingerprint density at radius 3 is 1.92 bits per heavy atom. The Hall–Kier alpha value is -0.563. The van der Waals surface area contributed by atoms with Crippen LogP contribution < -0.4 is 0 Å². The van der Waals surface area contributed by atoms with Gasteiger partial charge in [0, 0.05) is 0 Å². The van der Waals surface area contributed by atoms with Crippen LogP contribution in [-0.4, -0.2) is 20.5 Å². The van der Waals surface area contributed by atoms with Crippen LogP contribution >= 0.6 is 0 Å². The molecule has 0 unspecified atom stereocenters. The molecule has 0 radical (unpaired) electrons. The summed E-state index contributed by atoms with van der Waals surface area (Å²) in [4.78, 5) is 13.6. The first-order chi connectivity index (χ1) is 5.13. The highest BCUT2D eigenvalue weighted by Crippen LogP contribution is 2.17. The summed E-state index contributed by atoms with van der Waals surface area (Å²) in [6.07, 6.45) is -4.99. The van der Waals surface area contributed by atoms with Gasteiger partial charge in [0.15, 0.2) is 0 Å². The molecular weight excluding hydrogens is 193 g/mol. The van der Waals surface area contributed by atoms with Crippen molar-refractivity contribution in [3.63, 3.8) is 0 Å². The average molecular weight is 202 g/mol. The minimum atomic E-state index is -4.99. The maximum Gasteiger partial charge on any atom is 0.494 e. The van der Waals surface area contributed by atoms with E-state index in [-0.39, 0.29) is 0 Å². The van der Waals surface area contributed by atoms with Crippen molar-refractivity contribution in [2.24, 2.45) is 0 Å². The average Bonchev–Trinajstić information content (AvgIpc) is 1.78. The summed E-state index contributed by atoms with van der Waals surface area (Å²) in [7, 11) is -2.24. The summed E-state index contributed by atoms with van der Waals surface area (Å²) in [6.45, 7) is 4.78. The molecule has 0 rings (SSSR count). The van der Waals surface area contributed by atoms with E-state index in [1.807, 2.05) is 0 Å². The highest BCUT2D eigenvalue weighted by molar-refractivity contribution is 6.69. The fourth-order valence-corrected chi connectivity index (χ4v) is 0.536. The topological polar surface area (TPSA) is 35.5 Å². The van der Waals surface area contributed by atoms with Gasteiger partial charge in [-0.15, -0.1) is 0 Å². The lowest BCUT2D eigenvalue weighted by Crippen LogP contribution is -2.32. The molecule has 0 fully saturated rings. The van der Waals surface area contributed by atoms with Crippen molar-refractivity contribution in [3.05, 3.63) is 0 Å². The van der Waals surface area contributed by atoms with Crippen molar-refractivity contribution in [2.75, 3.05) is 0 Å². The lowest BCUT2D eigenvalue weighted by molar-refractivity contribution is -0.261. The van der Waals surface area contributed by atoms with Crippen LogP contribution in [0.5, 0.6) is 0 Å². The Balaban J connectivity index is 3.90. The van der Waals surface area contributed by atoms with E-state index in [1.165, 1.54) is 0 Å². The zero-order valence-corrected chi connectivity index (χ0v) is 7.86. The molecule has 0 aliphatic rings. The molecule has 0 heterocycles. The van der Waals surface area contributed by atoms with E-state index < -0.39 is 20.5 Å². The molecule has 72 valence electrons. The number of hydrogen-bond donors (Lipinski definition) is 0. The first kappa shape index (κ1) is 11.4. The quantitative estimate of drug-likeness (QED) is 0.389. The summed E-state index contributed by atoms with van der Waals surface area (Å²) < 4.78 is 38.7. The summed E-state index contributed by atoms with van der Waals surface area (Å²) in [5.74, 6) is -2.31. The molecule has 0 atom stereocenters. The Morgan fingerprint density at radius 1 is 1.25 bits per heavy atom. The number of alkyl halides is 3. The van der Waals surface area contributed by atoms with E-state index in [0.717, 1.165) is 0 Å². The first-order valence-electron chi connectivity index (χ1n) is 3.10. The molecule has 7 heteroatoms. The molecule has 0 aliphatic heterocycles. The van der Waals surface area contributed by atoms with Gasteiger partial charge in [-0.1, -0.05) is 0 Å². The number of hydrogen-bond acceptors (Lipinski definition) is 3. The van der Waals surface area contributed by atoms with Crippen molar-refractivity contribution < 1.29 is 27.4 Å². The van der Waals surface area contributed by atoms with Gasteiger partial charge in [0.2, 0.25) is 8.32 Å². The molecule has 0 saturated heterocycles. The van der Waals surface area contributed by atoms with Crippen LogP contribution in [0.25, 0.3) is 0 Å². The van der Waals surface area contributed by atoms with Gasteiger partial charge in [0.05, 0.1) is 0 Å². The van der Waals surface area contributed by atoms with Crippen LogP contribution in [-0.2, 0) is 14.3 Å². The predicted octanol–water partition coefficient (Wildman–Crippen LogP) is 1.86. The van der Waals surface area contributed by atoms with Crippen LogP contribution in [0.15, 0.2) is 0 Å². The van der Waals surface area contributed by atoms with Gasteiger partial charge in [0.1, 0.15) is 0 Å². The van der Waals surface area contributed by atoms with Gasteiger partial charge in [-0.05, 0) is 19.6 Å². The number of carbonyl (C=O) groups excluding carboxylic acids is 1. The predicted molar refractivity (Wildman–Crippen MR) is 36.6 cm³/mol. The zero-order valence-electron chi connectivity index (χ0n) is 6.86. The maximum absolute atomic E-state index is 11.5. The third-order valence-electron chi connectivity index (χ3n) is 0.599. The van der Waals surface area contributed by atoms with Gasteiger partial charge in [-0.2, -0.15) is 13.2 Å². The number of carbonyl (C=O) groups is 1. The summed E-state index contributed by atoms with van der Waals surface area (Å²) in [5.41, 5.74) is 0. The number of halogens is 3. The third-order valence-corrected chi connectivity index (χ3v) is 1.18. The minimum Gasteiger partial charge on any atom is -0.300 e. The lowest BCUT2D eigenvalue weighted by Gasteiger charge is -2.14. The minimum absolute atomic E-state index is 1.59. The van der Waals surface area contributed by atoms with Gasteiger partial charge in [-0.25, -0.2) is 9.37 Å². The van der Waals surface area contributed by atoms with Crippen LogP contribution in [0, 0.1) is 0 Å². The van der Waals surface area contributed by atoms with E-state index in [2.05, 4.69) is 9.46 Å². The van der Waals surface area contributed by atoms with E-state index in [0.29, 0.717) is 0 Å². The SMILES string of the molecule is C[Si](C)(C)OOC(=O)C(F)(F)F. The second-order valence-corrected chi connectivity index (χ2v) is 7.46. The van der Waals surface area contributed by atoms with E-state index in [1.54, 1.807) is 19.6 Å². The lowest BCUT2D eigenvalue weighted by atomic mass is 10.7. The van der Waals surface area contributed by atoms with Crippen LogP contribution in [0.2, 0.25) is 19.6 Å². The third kappa shape index (κ3) is 5.14. The van der Waals surface area contributed by atoms with Crippen molar-refractivity contribution in [1.82, 2.24) is 0 Å². The molecule has 0 amide bonds. The molecule has 3 nitrogen and oxygen atoms in total. The van der Waals surface area contributed by atoms with E-state index >= 15 is 0 Å². The molecule has 0 aromatic carbocycles. The number of rotatable bonds is 2. The molecule has 0 N–H and O–H groups in total. The molecule has 0 saturated carbocycles. The summed E-state index contributed by atoms with van der Waals surface area (Å²) in [6, 6.07) is 0. The summed E-state index contributed by atoms with van der Waals surface area (Å²) >= 11 is 0. The maximum atomic E-state index is 11.5. The Morgan fingerprint density at radius 2 is 1.67 bits per heavy atom. The molecule has 12 heavy (non-hydrogen) atoms. The highest BCUT2D eigenvalue weighted by Gasteiger charge is 2.42. The normalized spacial score (nSPS) is 12.8. The highest BCUT2D eigenvalue weighted by atomic mass is 28.4. The molecule has 0 aromatic rings. The zero-order chi connectivity index (χ0) is 9.99. The van der Waals surface area contributed by atoms with Crippen molar-refractivity contribution >= 4 is 14.3 Å². The van der Waals surface area contributed by atoms with E-state index in [9.17, 15) is 18.0 Å². The van der Waals surface area contributed by atoms with Gasteiger partial charge >= 0.3 is 12.1 Å². The van der Waals surface area contributed by atoms with Crippen molar-refractivity contribution in [2.45, 2.75) is 25.8 Å². The van der Waals surface area contributed by atoms with Crippen LogP contribution in [0.1, 0.15) is 0 Å². The monoisotopic (exact) mass is 202 g/mol. The second kappa shape index (κ2) is 3.44. The van der Waals surface area contributed by atoms with Crippen molar-refractivity contribution in [1.29, 1.82) is 0 Å². The Labute approximate surface area is 68.5 Å². The van der Waals surface area contributed by atoms with Crippen LogP contribution in [0.3, 0.4) is 0 Å². The second-order valence-electron chi connectivity index (χ2n) is 3.06. The Bertz CT molecular complexity index is 172. The molecular formula is C5H9F3O3Si. The first-order valence-corrected chi connectivity index (χ1v) is 6.50. The molecule has 0 aliphatic carbocycles. The van der Waals surface area contributed by atoms with Gasteiger partial charge in [0.25, 0.3) is 0 Å². The fourth-order valence-electron chi connectivity index (χ4n) is 0.210. The summed E-state index contributed by atoms with van der Waals surface area (Å²) in [5, 5.41) is 0. The van der Waals surface area contributed by atoms with Crippen molar-refractivity contribution in [3.8, 4) is 0 Å². The standard InChI is InChI=1S/C5H9F3O3Si/c1-12(2,3)11-10-4(9)5(6,7)8/h1-3H3. The smallest absolute Gasteiger partial charge is 0.300 e. The Kier molecular flexibility index (Phi) is 3.28. The van der Waals surface area contributed by atoms with Gasteiger partial charge in [-0.3, -0.25) is 0 Å². The fraction of sp³-hybridized carbons (Fsp3) is 0.800. The van der Waals surface area contributed by atoms with E-state index in [4.69, 9.17) is 0 Å². The molecule has 0 aromatic heterocycles. The van der Waals surface area contributed by atoms with Crippen LogP contribution in [0.4, 0.5) is 13.2 Å². The molecule has 0 bridgehead atoms.